The summed E-state index contributed by atoms with van der Waals surface area (Å²) in [6, 6.07) is 0.718. The molecule has 1 N–H and O–H groups in total. The van der Waals surface area contributed by atoms with E-state index in [1.54, 1.807) is 0 Å². The van der Waals surface area contributed by atoms with Crippen molar-refractivity contribution in [3.8, 4) is 0 Å². The maximum absolute atomic E-state index is 11.5. The molecule has 106 valence electrons. The summed E-state index contributed by atoms with van der Waals surface area (Å²) < 4.78 is 6.97. The molecule has 1 atom stereocenters. The molecule has 0 radical (unpaired) electrons. The first-order chi connectivity index (χ1) is 9.11. The maximum Gasteiger partial charge on any atom is 0.246 e. The van der Waals surface area contributed by atoms with Crippen LogP contribution in [-0.4, -0.2) is 53.2 Å². The third-order valence-corrected chi connectivity index (χ3v) is 3.49. The Labute approximate surface area is 113 Å². The average molecular weight is 266 g/mol. The smallest absolute Gasteiger partial charge is 0.246 e. The summed E-state index contributed by atoms with van der Waals surface area (Å²) in [5, 5.41) is 2.90. The molecule has 0 aliphatic carbocycles. The lowest BCUT2D eigenvalue weighted by Crippen LogP contribution is -2.45. The Morgan fingerprint density at radius 1 is 1.63 bits per heavy atom. The Balaban J connectivity index is 2.01. The third-order valence-electron chi connectivity index (χ3n) is 3.49. The van der Waals surface area contributed by atoms with E-state index in [4.69, 9.17) is 4.74 Å². The first-order valence-electron chi connectivity index (χ1n) is 6.62. The van der Waals surface area contributed by atoms with E-state index in [1.165, 1.54) is 12.8 Å². The topological polar surface area (TPSA) is 59.4 Å². The van der Waals surface area contributed by atoms with Gasteiger partial charge in [0.2, 0.25) is 5.91 Å². The molecule has 1 amide bonds. The number of amides is 1. The van der Waals surface area contributed by atoms with Gasteiger partial charge in [-0.2, -0.15) is 0 Å². The van der Waals surface area contributed by atoms with Gasteiger partial charge in [0, 0.05) is 39.0 Å². The number of ether oxygens (including phenoxy) is 1. The zero-order valence-corrected chi connectivity index (χ0v) is 11.8. The first kappa shape index (κ1) is 14.0. The molecule has 19 heavy (non-hydrogen) atoms. The second-order valence-electron chi connectivity index (χ2n) is 5.21. The summed E-state index contributed by atoms with van der Waals surface area (Å²) in [5.41, 5.74) is 1.20. The number of rotatable bonds is 5. The van der Waals surface area contributed by atoms with Crippen LogP contribution in [-0.2, 0) is 16.1 Å². The molecular formula is C13H22N4O2. The van der Waals surface area contributed by atoms with Crippen molar-refractivity contribution in [3.63, 3.8) is 0 Å². The molecule has 6 heteroatoms. The average Bonchev–Trinajstić information content (AvgIpc) is 2.84. The van der Waals surface area contributed by atoms with E-state index in [2.05, 4.69) is 33.6 Å². The highest BCUT2D eigenvalue weighted by molar-refractivity contribution is 5.77. The van der Waals surface area contributed by atoms with Crippen LogP contribution < -0.4 is 5.32 Å². The third kappa shape index (κ3) is 3.33. The first-order valence-corrected chi connectivity index (χ1v) is 6.62. The monoisotopic (exact) mass is 266 g/mol. The van der Waals surface area contributed by atoms with Gasteiger partial charge in [0.15, 0.2) is 0 Å². The summed E-state index contributed by atoms with van der Waals surface area (Å²) in [6.07, 6.45) is 3.75. The number of hydrogen-bond acceptors (Lipinski definition) is 4. The van der Waals surface area contributed by atoms with Crippen molar-refractivity contribution in [2.24, 2.45) is 0 Å². The predicted octanol–water partition coefficient (Wildman–Crippen LogP) is 0.411. The molecule has 0 spiro atoms. The molecule has 2 heterocycles. The zero-order chi connectivity index (χ0) is 13.8. The molecule has 0 unspecified atom stereocenters. The van der Waals surface area contributed by atoms with Crippen molar-refractivity contribution in [2.45, 2.75) is 32.5 Å². The minimum Gasteiger partial charge on any atom is -0.375 e. The van der Waals surface area contributed by atoms with Crippen LogP contribution in [0.1, 0.15) is 25.6 Å². The van der Waals surface area contributed by atoms with Crippen molar-refractivity contribution < 1.29 is 9.53 Å². The van der Waals surface area contributed by atoms with E-state index in [-0.39, 0.29) is 18.6 Å². The second kappa shape index (κ2) is 6.16. The highest BCUT2D eigenvalue weighted by atomic mass is 16.5. The van der Waals surface area contributed by atoms with Gasteiger partial charge < -0.3 is 14.6 Å². The summed E-state index contributed by atoms with van der Waals surface area (Å²) in [7, 11) is 1.52. The highest BCUT2D eigenvalue weighted by Crippen LogP contribution is 2.21. The molecule has 0 saturated heterocycles. The number of carbonyl (C=O) groups excluding carboxylic acids is 1. The lowest BCUT2D eigenvalue weighted by Gasteiger charge is -2.36. The highest BCUT2D eigenvalue weighted by Gasteiger charge is 2.26. The molecule has 1 aromatic heterocycles. The number of methoxy groups -OCH3 is 1. The fraction of sp³-hybridized carbons (Fsp3) is 0.692. The molecule has 0 saturated carbocycles. The Hall–Kier alpha value is -1.40. The van der Waals surface area contributed by atoms with Crippen molar-refractivity contribution in [2.75, 3.05) is 26.8 Å². The van der Waals surface area contributed by atoms with Gasteiger partial charge in [0.1, 0.15) is 6.61 Å². The van der Waals surface area contributed by atoms with Gasteiger partial charge >= 0.3 is 0 Å². The van der Waals surface area contributed by atoms with E-state index in [0.717, 1.165) is 13.1 Å². The molecule has 0 aromatic carbocycles. The fourth-order valence-corrected chi connectivity index (χ4v) is 2.38. The van der Waals surface area contributed by atoms with Crippen molar-refractivity contribution in [1.29, 1.82) is 0 Å². The fourth-order valence-electron chi connectivity index (χ4n) is 2.38. The minimum absolute atomic E-state index is 0.0779. The summed E-state index contributed by atoms with van der Waals surface area (Å²) >= 11 is 0. The molecule has 2 rings (SSSR count). The van der Waals surface area contributed by atoms with Crippen LogP contribution in [0, 0.1) is 0 Å². The normalized spacial score (nSPS) is 19.5. The van der Waals surface area contributed by atoms with Crippen molar-refractivity contribution >= 4 is 5.91 Å². The number of carbonyl (C=O) groups is 1. The molecule has 0 fully saturated rings. The van der Waals surface area contributed by atoms with E-state index in [1.807, 2.05) is 12.5 Å². The zero-order valence-electron chi connectivity index (χ0n) is 11.8. The van der Waals surface area contributed by atoms with Gasteiger partial charge in [-0.15, -0.1) is 0 Å². The predicted molar refractivity (Wildman–Crippen MR) is 71.7 cm³/mol. The van der Waals surface area contributed by atoms with Crippen LogP contribution in [0.4, 0.5) is 0 Å². The quantitative estimate of drug-likeness (QED) is 0.838. The maximum atomic E-state index is 11.5. The largest absolute Gasteiger partial charge is 0.375 e. The molecule has 0 bridgehead atoms. The van der Waals surface area contributed by atoms with Crippen LogP contribution in [0.25, 0.3) is 0 Å². The Bertz CT molecular complexity index is 430. The number of imidazole rings is 1. The van der Waals surface area contributed by atoms with Gasteiger partial charge in [-0.3, -0.25) is 9.69 Å². The molecule has 1 aliphatic rings. The SMILES string of the molecule is COCC(=O)NC[C@@H]1CN(C(C)C)Cc2cncn21. The number of fused-ring (bicyclic) bond motifs is 1. The summed E-state index contributed by atoms with van der Waals surface area (Å²) in [5.74, 6) is -0.0779. The Kier molecular flexibility index (Phi) is 4.55. The second-order valence-corrected chi connectivity index (χ2v) is 5.21. The number of aromatic nitrogens is 2. The van der Waals surface area contributed by atoms with Gasteiger partial charge in [-0.05, 0) is 13.8 Å². The molecule has 1 aromatic rings. The van der Waals surface area contributed by atoms with Crippen LogP contribution in [0.15, 0.2) is 12.5 Å². The molecule has 1 aliphatic heterocycles. The van der Waals surface area contributed by atoms with Gasteiger partial charge in [0.25, 0.3) is 0 Å². The van der Waals surface area contributed by atoms with Gasteiger partial charge in [-0.25, -0.2) is 4.98 Å². The molecular weight excluding hydrogens is 244 g/mol. The van der Waals surface area contributed by atoms with Gasteiger partial charge in [0.05, 0.1) is 18.1 Å². The van der Waals surface area contributed by atoms with Crippen LogP contribution >= 0.6 is 0 Å². The standard InChI is InChI=1S/C13H22N4O2/c1-10(2)16-6-11-4-14-9-17(11)12(7-16)5-15-13(18)8-19-3/h4,9-10,12H,5-8H2,1-3H3,(H,15,18)/t12-/m1/s1. The van der Waals surface area contributed by atoms with Crippen LogP contribution in [0.3, 0.4) is 0 Å². The van der Waals surface area contributed by atoms with Crippen LogP contribution in [0.5, 0.6) is 0 Å². The van der Waals surface area contributed by atoms with E-state index >= 15 is 0 Å². The number of nitrogens with zero attached hydrogens (tertiary/aromatic N) is 3. The van der Waals surface area contributed by atoms with Crippen LogP contribution in [0.2, 0.25) is 0 Å². The van der Waals surface area contributed by atoms with Crippen molar-refractivity contribution in [3.05, 3.63) is 18.2 Å². The van der Waals surface area contributed by atoms with E-state index in [0.29, 0.717) is 12.6 Å². The molecule has 6 nitrogen and oxygen atoms in total. The lowest BCUT2D eigenvalue weighted by atomic mass is 10.1. The number of hydrogen-bond donors (Lipinski definition) is 1. The summed E-state index contributed by atoms with van der Waals surface area (Å²) in [4.78, 5) is 18.1. The minimum atomic E-state index is -0.0779. The Morgan fingerprint density at radius 2 is 2.42 bits per heavy atom. The summed E-state index contributed by atoms with van der Waals surface area (Å²) in [6.45, 7) is 6.93. The Morgan fingerprint density at radius 3 is 3.11 bits per heavy atom. The van der Waals surface area contributed by atoms with E-state index < -0.39 is 0 Å². The van der Waals surface area contributed by atoms with Crippen molar-refractivity contribution in [1.82, 2.24) is 19.8 Å². The number of nitrogens with one attached hydrogen (secondary N) is 1. The van der Waals surface area contributed by atoms with E-state index in [9.17, 15) is 4.79 Å². The lowest BCUT2D eigenvalue weighted by molar-refractivity contribution is -0.124. The van der Waals surface area contributed by atoms with Gasteiger partial charge in [-0.1, -0.05) is 0 Å².